The molecule has 0 aliphatic carbocycles. The van der Waals surface area contributed by atoms with Gasteiger partial charge in [0, 0.05) is 30.6 Å². The number of urea groups is 1. The number of benzene rings is 1. The topological polar surface area (TPSA) is 69.6 Å². The lowest BCUT2D eigenvalue weighted by Crippen LogP contribution is -2.45. The van der Waals surface area contributed by atoms with E-state index in [4.69, 9.17) is 16.7 Å². The highest BCUT2D eigenvalue weighted by molar-refractivity contribution is 6.30. The van der Waals surface area contributed by atoms with Gasteiger partial charge in [-0.3, -0.25) is 4.79 Å². The third-order valence-corrected chi connectivity index (χ3v) is 3.92. The molecule has 0 radical (unpaired) electrons. The van der Waals surface area contributed by atoms with Gasteiger partial charge < -0.3 is 15.3 Å². The molecule has 114 valence electrons. The van der Waals surface area contributed by atoms with Gasteiger partial charge in [-0.2, -0.15) is 0 Å². The van der Waals surface area contributed by atoms with Crippen molar-refractivity contribution in [3.63, 3.8) is 0 Å². The molecule has 0 spiro atoms. The zero-order valence-corrected chi connectivity index (χ0v) is 12.5. The highest BCUT2D eigenvalue weighted by Crippen LogP contribution is 2.27. The number of amides is 2. The quantitative estimate of drug-likeness (QED) is 0.898. The number of nitrogens with one attached hydrogen (secondary N) is 1. The molecule has 1 fully saturated rings. The average Bonchev–Trinajstić information content (AvgIpc) is 2.47. The SMILES string of the molecule is O=C(O)CCNC(=O)N1CCCC(c2ccc(Cl)cc2)C1. The molecule has 1 aromatic rings. The first-order valence-corrected chi connectivity index (χ1v) is 7.44. The van der Waals surface area contributed by atoms with Crippen molar-refractivity contribution in [2.45, 2.75) is 25.2 Å². The van der Waals surface area contributed by atoms with Crippen LogP contribution in [0.25, 0.3) is 0 Å². The highest BCUT2D eigenvalue weighted by atomic mass is 35.5. The number of likely N-dealkylation sites (tertiary alicyclic amines) is 1. The molecular formula is C15H19ClN2O3. The Labute approximate surface area is 128 Å². The molecule has 6 heteroatoms. The highest BCUT2D eigenvalue weighted by Gasteiger charge is 2.24. The summed E-state index contributed by atoms with van der Waals surface area (Å²) in [6.07, 6.45) is 1.93. The van der Waals surface area contributed by atoms with Crippen LogP contribution in [-0.2, 0) is 4.79 Å². The Morgan fingerprint density at radius 3 is 2.71 bits per heavy atom. The Bertz CT molecular complexity index is 504. The minimum atomic E-state index is -0.909. The first-order valence-electron chi connectivity index (χ1n) is 7.06. The lowest BCUT2D eigenvalue weighted by atomic mass is 9.91. The van der Waals surface area contributed by atoms with Crippen molar-refractivity contribution in [3.8, 4) is 0 Å². The van der Waals surface area contributed by atoms with E-state index in [1.54, 1.807) is 4.90 Å². The number of piperidine rings is 1. The summed E-state index contributed by atoms with van der Waals surface area (Å²) in [7, 11) is 0. The van der Waals surface area contributed by atoms with E-state index in [0.29, 0.717) is 24.0 Å². The molecule has 5 nitrogen and oxygen atoms in total. The van der Waals surface area contributed by atoms with Gasteiger partial charge in [-0.05, 0) is 30.5 Å². The van der Waals surface area contributed by atoms with Gasteiger partial charge in [-0.15, -0.1) is 0 Å². The lowest BCUT2D eigenvalue weighted by molar-refractivity contribution is -0.136. The molecule has 1 atom stereocenters. The van der Waals surface area contributed by atoms with Gasteiger partial charge in [0.05, 0.1) is 6.42 Å². The summed E-state index contributed by atoms with van der Waals surface area (Å²) in [6.45, 7) is 1.53. The minimum Gasteiger partial charge on any atom is -0.481 e. The largest absolute Gasteiger partial charge is 0.481 e. The number of hydrogen-bond acceptors (Lipinski definition) is 2. The number of rotatable bonds is 4. The summed E-state index contributed by atoms with van der Waals surface area (Å²) >= 11 is 5.89. The Kier molecular flexibility index (Phi) is 5.44. The monoisotopic (exact) mass is 310 g/mol. The first-order chi connectivity index (χ1) is 10.1. The van der Waals surface area contributed by atoms with Crippen LogP contribution in [0.2, 0.25) is 5.02 Å². The summed E-state index contributed by atoms with van der Waals surface area (Å²) in [5, 5.41) is 11.9. The summed E-state index contributed by atoms with van der Waals surface area (Å²) in [5.74, 6) is -0.603. The predicted octanol–water partition coefficient (Wildman–Crippen LogP) is 2.70. The van der Waals surface area contributed by atoms with Crippen LogP contribution in [0.5, 0.6) is 0 Å². The molecule has 2 N–H and O–H groups in total. The van der Waals surface area contributed by atoms with E-state index in [2.05, 4.69) is 5.32 Å². The Hall–Kier alpha value is -1.75. The predicted molar refractivity (Wildman–Crippen MR) is 80.7 cm³/mol. The fourth-order valence-corrected chi connectivity index (χ4v) is 2.68. The Morgan fingerprint density at radius 1 is 1.33 bits per heavy atom. The van der Waals surface area contributed by atoms with Gasteiger partial charge in [-0.25, -0.2) is 4.79 Å². The van der Waals surface area contributed by atoms with Crippen molar-refractivity contribution >= 4 is 23.6 Å². The van der Waals surface area contributed by atoms with E-state index in [1.807, 2.05) is 24.3 Å². The Balaban J connectivity index is 1.89. The third-order valence-electron chi connectivity index (χ3n) is 3.67. The van der Waals surface area contributed by atoms with Crippen molar-refractivity contribution in [2.24, 2.45) is 0 Å². The fraction of sp³-hybridized carbons (Fsp3) is 0.467. The summed E-state index contributed by atoms with van der Waals surface area (Å²) in [6, 6.07) is 7.54. The van der Waals surface area contributed by atoms with Crippen LogP contribution in [0, 0.1) is 0 Å². The van der Waals surface area contributed by atoms with Crippen LogP contribution in [0.4, 0.5) is 4.79 Å². The number of hydrogen-bond donors (Lipinski definition) is 2. The van der Waals surface area contributed by atoms with Crippen LogP contribution >= 0.6 is 11.6 Å². The van der Waals surface area contributed by atoms with Gasteiger partial charge in [0.1, 0.15) is 0 Å². The molecule has 2 rings (SSSR count). The lowest BCUT2D eigenvalue weighted by Gasteiger charge is -2.33. The van der Waals surface area contributed by atoms with E-state index >= 15 is 0 Å². The number of carboxylic acids is 1. The fourth-order valence-electron chi connectivity index (χ4n) is 2.56. The van der Waals surface area contributed by atoms with Gasteiger partial charge in [0.15, 0.2) is 0 Å². The maximum Gasteiger partial charge on any atom is 0.317 e. The second kappa shape index (κ2) is 7.31. The number of halogens is 1. The standard InChI is InChI=1S/C15H19ClN2O3/c16-13-5-3-11(4-6-13)12-2-1-9-18(10-12)15(21)17-8-7-14(19)20/h3-6,12H,1-2,7-10H2,(H,17,21)(H,19,20). The molecular weight excluding hydrogens is 292 g/mol. The molecule has 1 aliphatic rings. The summed E-state index contributed by atoms with van der Waals surface area (Å²) in [5.41, 5.74) is 1.18. The number of carbonyl (C=O) groups is 2. The van der Waals surface area contributed by atoms with Crippen molar-refractivity contribution in [1.82, 2.24) is 10.2 Å². The average molecular weight is 311 g/mol. The number of carbonyl (C=O) groups excluding carboxylic acids is 1. The van der Waals surface area contributed by atoms with Gasteiger partial charge in [0.25, 0.3) is 0 Å². The van der Waals surface area contributed by atoms with Crippen molar-refractivity contribution in [3.05, 3.63) is 34.9 Å². The molecule has 1 aromatic carbocycles. The molecule has 1 aliphatic heterocycles. The van der Waals surface area contributed by atoms with E-state index < -0.39 is 5.97 Å². The number of carboxylic acid groups (broad SMARTS) is 1. The maximum atomic E-state index is 12.0. The van der Waals surface area contributed by atoms with Crippen LogP contribution in [0.3, 0.4) is 0 Å². The van der Waals surface area contributed by atoms with Crippen LogP contribution in [0.15, 0.2) is 24.3 Å². The van der Waals surface area contributed by atoms with E-state index in [1.165, 1.54) is 5.56 Å². The molecule has 2 amide bonds. The van der Waals surface area contributed by atoms with Crippen LogP contribution in [0.1, 0.15) is 30.7 Å². The van der Waals surface area contributed by atoms with Crippen LogP contribution in [-0.4, -0.2) is 41.6 Å². The molecule has 21 heavy (non-hydrogen) atoms. The van der Waals surface area contributed by atoms with Crippen molar-refractivity contribution in [1.29, 1.82) is 0 Å². The molecule has 0 saturated carbocycles. The van der Waals surface area contributed by atoms with E-state index in [-0.39, 0.29) is 19.0 Å². The second-order valence-corrected chi connectivity index (χ2v) is 5.65. The second-order valence-electron chi connectivity index (χ2n) is 5.21. The zero-order chi connectivity index (χ0) is 15.2. The van der Waals surface area contributed by atoms with Gasteiger partial charge >= 0.3 is 12.0 Å². The maximum absolute atomic E-state index is 12.0. The third kappa shape index (κ3) is 4.63. The summed E-state index contributed by atoms with van der Waals surface area (Å²) in [4.78, 5) is 24.2. The Morgan fingerprint density at radius 2 is 2.05 bits per heavy atom. The van der Waals surface area contributed by atoms with Gasteiger partial charge in [-0.1, -0.05) is 23.7 Å². The smallest absolute Gasteiger partial charge is 0.317 e. The minimum absolute atomic E-state index is 0.0554. The summed E-state index contributed by atoms with van der Waals surface area (Å²) < 4.78 is 0. The molecule has 1 saturated heterocycles. The van der Waals surface area contributed by atoms with Crippen molar-refractivity contribution < 1.29 is 14.7 Å². The molecule has 0 aromatic heterocycles. The number of nitrogens with zero attached hydrogens (tertiary/aromatic N) is 1. The molecule has 1 heterocycles. The van der Waals surface area contributed by atoms with E-state index in [0.717, 1.165) is 12.8 Å². The van der Waals surface area contributed by atoms with Crippen molar-refractivity contribution in [2.75, 3.05) is 19.6 Å². The van der Waals surface area contributed by atoms with Crippen LogP contribution < -0.4 is 5.32 Å². The molecule has 1 unspecified atom stereocenters. The first kappa shape index (κ1) is 15.6. The molecule has 0 bridgehead atoms. The number of aliphatic carboxylic acids is 1. The zero-order valence-electron chi connectivity index (χ0n) is 11.7. The normalized spacial score (nSPS) is 18.3. The van der Waals surface area contributed by atoms with Gasteiger partial charge in [0.2, 0.25) is 0 Å². The van der Waals surface area contributed by atoms with E-state index in [9.17, 15) is 9.59 Å².